The summed E-state index contributed by atoms with van der Waals surface area (Å²) >= 11 is 0. The number of hydrogen-bond donors (Lipinski definition) is 2. The van der Waals surface area contributed by atoms with E-state index < -0.39 is 11.9 Å². The first kappa shape index (κ1) is 13.4. The Hall–Kier alpha value is -0.650. The van der Waals surface area contributed by atoms with Crippen LogP contribution in [0.1, 0.15) is 27.2 Å². The van der Waals surface area contributed by atoms with Gasteiger partial charge in [-0.2, -0.15) is 0 Å². The molecule has 1 aliphatic heterocycles. The van der Waals surface area contributed by atoms with Crippen molar-refractivity contribution < 1.29 is 9.53 Å². The zero-order chi connectivity index (χ0) is 12.3. The summed E-state index contributed by atoms with van der Waals surface area (Å²) in [4.78, 5) is 13.1. The summed E-state index contributed by atoms with van der Waals surface area (Å²) < 4.78 is 5.79. The van der Waals surface area contributed by atoms with E-state index in [1.54, 1.807) is 0 Å². The number of amides is 1. The SMILES string of the molecule is CC1CN(CCC(N)C(N)=O)CC(C)(C)O1. The molecule has 94 valence electrons. The lowest BCUT2D eigenvalue weighted by Gasteiger charge is -2.42. The molecule has 4 N–H and O–H groups in total. The molecule has 0 aliphatic carbocycles. The molecule has 0 aromatic heterocycles. The van der Waals surface area contributed by atoms with E-state index in [1.165, 1.54) is 0 Å². The van der Waals surface area contributed by atoms with Crippen LogP contribution in [0.2, 0.25) is 0 Å². The zero-order valence-corrected chi connectivity index (χ0v) is 10.4. The maximum atomic E-state index is 10.8. The van der Waals surface area contributed by atoms with Crippen molar-refractivity contribution in [1.29, 1.82) is 0 Å². The van der Waals surface area contributed by atoms with Gasteiger partial charge in [0, 0.05) is 19.6 Å². The minimum Gasteiger partial charge on any atom is -0.370 e. The van der Waals surface area contributed by atoms with E-state index in [4.69, 9.17) is 16.2 Å². The standard InChI is InChI=1S/C11H23N3O2/c1-8-6-14(7-11(2,3)16-8)5-4-9(12)10(13)15/h8-9H,4-7,12H2,1-3H3,(H2,13,15). The monoisotopic (exact) mass is 229 g/mol. The third-order valence-electron chi connectivity index (χ3n) is 2.76. The molecule has 0 aromatic carbocycles. The van der Waals surface area contributed by atoms with E-state index in [2.05, 4.69) is 25.7 Å². The highest BCUT2D eigenvalue weighted by molar-refractivity contribution is 5.79. The molecule has 5 heteroatoms. The molecular formula is C11H23N3O2. The fourth-order valence-corrected chi connectivity index (χ4v) is 2.22. The highest BCUT2D eigenvalue weighted by Crippen LogP contribution is 2.20. The van der Waals surface area contributed by atoms with Gasteiger partial charge in [0.1, 0.15) is 0 Å². The maximum Gasteiger partial charge on any atom is 0.234 e. The van der Waals surface area contributed by atoms with E-state index in [0.29, 0.717) is 6.42 Å². The summed E-state index contributed by atoms with van der Waals surface area (Å²) in [5, 5.41) is 0. The average Bonchev–Trinajstić information content (AvgIpc) is 2.10. The fraction of sp³-hybridized carbons (Fsp3) is 0.909. The Bertz CT molecular complexity index is 256. The fourth-order valence-electron chi connectivity index (χ4n) is 2.22. The molecule has 0 saturated carbocycles. The number of carbonyl (C=O) groups is 1. The smallest absolute Gasteiger partial charge is 0.234 e. The van der Waals surface area contributed by atoms with Crippen molar-refractivity contribution in [2.45, 2.75) is 44.9 Å². The minimum absolute atomic E-state index is 0.130. The van der Waals surface area contributed by atoms with Gasteiger partial charge in [0.05, 0.1) is 17.7 Å². The van der Waals surface area contributed by atoms with Gasteiger partial charge in [-0.1, -0.05) is 0 Å². The Kier molecular flexibility index (Phi) is 4.29. The highest BCUT2D eigenvalue weighted by Gasteiger charge is 2.31. The highest BCUT2D eigenvalue weighted by atomic mass is 16.5. The quantitative estimate of drug-likeness (QED) is 0.693. The number of hydrogen-bond acceptors (Lipinski definition) is 4. The third-order valence-corrected chi connectivity index (χ3v) is 2.76. The van der Waals surface area contributed by atoms with Crippen molar-refractivity contribution in [3.05, 3.63) is 0 Å². The predicted octanol–water partition coefficient (Wildman–Crippen LogP) is -0.312. The molecule has 1 aliphatic rings. The number of nitrogens with two attached hydrogens (primary N) is 2. The summed E-state index contributed by atoms with van der Waals surface area (Å²) in [7, 11) is 0. The van der Waals surface area contributed by atoms with Crippen molar-refractivity contribution in [3.63, 3.8) is 0 Å². The Morgan fingerprint density at radius 2 is 2.25 bits per heavy atom. The van der Waals surface area contributed by atoms with E-state index >= 15 is 0 Å². The van der Waals surface area contributed by atoms with Crippen LogP contribution in [0.3, 0.4) is 0 Å². The molecule has 1 rings (SSSR count). The number of nitrogens with zero attached hydrogens (tertiary/aromatic N) is 1. The molecule has 5 nitrogen and oxygen atoms in total. The molecule has 0 aromatic rings. The Balaban J connectivity index is 2.40. The molecule has 2 atom stereocenters. The summed E-state index contributed by atoms with van der Waals surface area (Å²) in [6.45, 7) is 8.74. The molecular weight excluding hydrogens is 206 g/mol. The van der Waals surface area contributed by atoms with Crippen LogP contribution in [0, 0.1) is 0 Å². The molecule has 0 spiro atoms. The van der Waals surface area contributed by atoms with E-state index in [1.807, 2.05) is 0 Å². The lowest BCUT2D eigenvalue weighted by molar-refractivity contribution is -0.129. The second-order valence-corrected chi connectivity index (χ2v) is 5.22. The lowest BCUT2D eigenvalue weighted by Crippen LogP contribution is -2.53. The Morgan fingerprint density at radius 3 is 2.75 bits per heavy atom. The summed E-state index contributed by atoms with van der Waals surface area (Å²) in [5.74, 6) is -0.430. The molecule has 0 radical (unpaired) electrons. The first-order valence-electron chi connectivity index (χ1n) is 5.75. The van der Waals surface area contributed by atoms with Crippen LogP contribution in [0.5, 0.6) is 0 Å². The summed E-state index contributed by atoms with van der Waals surface area (Å²) in [5.41, 5.74) is 10.6. The van der Waals surface area contributed by atoms with Gasteiger partial charge < -0.3 is 16.2 Å². The summed E-state index contributed by atoms with van der Waals surface area (Å²) in [6, 6.07) is -0.540. The number of primary amides is 1. The normalized spacial score (nSPS) is 27.6. The van der Waals surface area contributed by atoms with Crippen LogP contribution in [-0.4, -0.2) is 48.2 Å². The number of carbonyl (C=O) groups excluding carboxylic acids is 1. The molecule has 1 heterocycles. The van der Waals surface area contributed by atoms with E-state index in [0.717, 1.165) is 19.6 Å². The van der Waals surface area contributed by atoms with Gasteiger partial charge in [0.15, 0.2) is 0 Å². The van der Waals surface area contributed by atoms with Crippen molar-refractivity contribution >= 4 is 5.91 Å². The Morgan fingerprint density at radius 1 is 1.62 bits per heavy atom. The van der Waals surface area contributed by atoms with Crippen LogP contribution in [0.15, 0.2) is 0 Å². The van der Waals surface area contributed by atoms with Gasteiger partial charge in [-0.15, -0.1) is 0 Å². The molecule has 0 bridgehead atoms. The molecule has 16 heavy (non-hydrogen) atoms. The largest absolute Gasteiger partial charge is 0.370 e. The van der Waals surface area contributed by atoms with Crippen LogP contribution < -0.4 is 11.5 Å². The molecule has 1 fully saturated rings. The number of ether oxygens (including phenoxy) is 1. The first-order chi connectivity index (χ1) is 7.30. The van der Waals surface area contributed by atoms with Crippen LogP contribution in [-0.2, 0) is 9.53 Å². The van der Waals surface area contributed by atoms with Crippen LogP contribution in [0.4, 0.5) is 0 Å². The predicted molar refractivity (Wildman–Crippen MR) is 62.9 cm³/mol. The van der Waals surface area contributed by atoms with Gasteiger partial charge in [-0.25, -0.2) is 0 Å². The van der Waals surface area contributed by atoms with Gasteiger partial charge >= 0.3 is 0 Å². The average molecular weight is 229 g/mol. The van der Waals surface area contributed by atoms with Crippen molar-refractivity contribution in [2.24, 2.45) is 11.5 Å². The minimum atomic E-state index is -0.540. The number of morpholine rings is 1. The molecule has 1 amide bonds. The van der Waals surface area contributed by atoms with Crippen molar-refractivity contribution in [1.82, 2.24) is 4.90 Å². The van der Waals surface area contributed by atoms with E-state index in [9.17, 15) is 4.79 Å². The van der Waals surface area contributed by atoms with Crippen LogP contribution >= 0.6 is 0 Å². The zero-order valence-electron chi connectivity index (χ0n) is 10.4. The van der Waals surface area contributed by atoms with Crippen molar-refractivity contribution in [2.75, 3.05) is 19.6 Å². The van der Waals surface area contributed by atoms with Gasteiger partial charge in [-0.05, 0) is 27.2 Å². The van der Waals surface area contributed by atoms with Gasteiger partial charge in [0.2, 0.25) is 5.91 Å². The summed E-state index contributed by atoms with van der Waals surface area (Å²) in [6.07, 6.45) is 0.826. The topological polar surface area (TPSA) is 81.6 Å². The number of rotatable bonds is 4. The maximum absolute atomic E-state index is 10.8. The lowest BCUT2D eigenvalue weighted by atomic mass is 10.0. The molecule has 1 saturated heterocycles. The molecule has 2 unspecified atom stereocenters. The first-order valence-corrected chi connectivity index (χ1v) is 5.75. The third kappa shape index (κ3) is 4.08. The second kappa shape index (κ2) is 5.12. The second-order valence-electron chi connectivity index (χ2n) is 5.22. The Labute approximate surface area is 97.1 Å². The van der Waals surface area contributed by atoms with Crippen LogP contribution in [0.25, 0.3) is 0 Å². The van der Waals surface area contributed by atoms with Crippen molar-refractivity contribution in [3.8, 4) is 0 Å². The van der Waals surface area contributed by atoms with Gasteiger partial charge in [-0.3, -0.25) is 9.69 Å². The van der Waals surface area contributed by atoms with Gasteiger partial charge in [0.25, 0.3) is 0 Å². The van der Waals surface area contributed by atoms with E-state index in [-0.39, 0.29) is 11.7 Å².